The number of hydrogen-bond acceptors (Lipinski definition) is 4. The number of carbonyl (C=O) groups excluding carboxylic acids is 1. The van der Waals surface area contributed by atoms with Gasteiger partial charge in [0.1, 0.15) is 12.3 Å². The number of hydrogen-bond donors (Lipinski definition) is 1. The fourth-order valence-corrected chi connectivity index (χ4v) is 2.75. The molecular formula is C21H18F3N3O3. The Labute approximate surface area is 169 Å². The normalized spacial score (nSPS) is 11.2. The third-order valence-corrected chi connectivity index (χ3v) is 4.31. The minimum absolute atomic E-state index is 0.0602. The third-order valence-electron chi connectivity index (χ3n) is 4.31. The fourth-order valence-electron chi connectivity index (χ4n) is 2.75. The summed E-state index contributed by atoms with van der Waals surface area (Å²) in [7, 11) is 1.27. The maximum atomic E-state index is 13.0. The van der Waals surface area contributed by atoms with Crippen LogP contribution in [0.5, 0.6) is 5.75 Å². The Bertz CT molecular complexity index is 1120. The van der Waals surface area contributed by atoms with Gasteiger partial charge in [0.15, 0.2) is 0 Å². The SMILES string of the molecule is COc1ccc(C(F)(F)F)cc1NC(=O)Cn1nc(-c2ccc(C)cc2)ccc1=O. The van der Waals surface area contributed by atoms with Crippen LogP contribution in [0.25, 0.3) is 11.3 Å². The predicted octanol–water partition coefficient (Wildman–Crippen LogP) is 3.88. The molecule has 0 atom stereocenters. The number of ether oxygens (including phenoxy) is 1. The van der Waals surface area contributed by atoms with E-state index in [-0.39, 0.29) is 11.4 Å². The lowest BCUT2D eigenvalue weighted by molar-refractivity contribution is -0.137. The number of nitrogens with one attached hydrogen (secondary N) is 1. The van der Waals surface area contributed by atoms with E-state index in [9.17, 15) is 22.8 Å². The largest absolute Gasteiger partial charge is 0.495 e. The number of carbonyl (C=O) groups is 1. The van der Waals surface area contributed by atoms with Crippen LogP contribution in [-0.2, 0) is 17.5 Å². The van der Waals surface area contributed by atoms with Crippen LogP contribution in [0.3, 0.4) is 0 Å². The third kappa shape index (κ3) is 4.86. The maximum absolute atomic E-state index is 13.0. The van der Waals surface area contributed by atoms with Gasteiger partial charge in [-0.1, -0.05) is 29.8 Å². The molecule has 6 nitrogen and oxygen atoms in total. The molecule has 0 fully saturated rings. The average Bonchev–Trinajstić information content (AvgIpc) is 2.69. The summed E-state index contributed by atoms with van der Waals surface area (Å²) in [6, 6.07) is 13.0. The summed E-state index contributed by atoms with van der Waals surface area (Å²) >= 11 is 0. The highest BCUT2D eigenvalue weighted by molar-refractivity contribution is 5.92. The van der Waals surface area contributed by atoms with Crippen LogP contribution >= 0.6 is 0 Å². The van der Waals surface area contributed by atoms with Gasteiger partial charge in [-0.05, 0) is 31.2 Å². The molecule has 30 heavy (non-hydrogen) atoms. The highest BCUT2D eigenvalue weighted by Gasteiger charge is 2.31. The van der Waals surface area contributed by atoms with Crippen molar-refractivity contribution in [1.82, 2.24) is 9.78 Å². The van der Waals surface area contributed by atoms with Gasteiger partial charge in [0.25, 0.3) is 5.56 Å². The molecule has 0 bridgehead atoms. The highest BCUT2D eigenvalue weighted by atomic mass is 19.4. The first-order valence-corrected chi connectivity index (χ1v) is 8.87. The Morgan fingerprint density at radius 2 is 1.80 bits per heavy atom. The topological polar surface area (TPSA) is 73.2 Å². The van der Waals surface area contributed by atoms with Gasteiger partial charge in [-0.25, -0.2) is 4.68 Å². The molecular weight excluding hydrogens is 399 g/mol. The molecule has 0 spiro atoms. The lowest BCUT2D eigenvalue weighted by Crippen LogP contribution is -2.29. The van der Waals surface area contributed by atoms with E-state index in [0.717, 1.165) is 34.0 Å². The molecule has 3 rings (SSSR count). The number of halogens is 3. The van der Waals surface area contributed by atoms with Crippen molar-refractivity contribution in [2.45, 2.75) is 19.6 Å². The van der Waals surface area contributed by atoms with E-state index in [1.165, 1.54) is 19.2 Å². The number of aromatic nitrogens is 2. The van der Waals surface area contributed by atoms with Gasteiger partial charge in [0, 0.05) is 11.6 Å². The van der Waals surface area contributed by atoms with Crippen LogP contribution in [0.4, 0.5) is 18.9 Å². The van der Waals surface area contributed by atoms with E-state index in [2.05, 4.69) is 10.4 Å². The molecule has 0 aliphatic heterocycles. The molecule has 1 aromatic heterocycles. The van der Waals surface area contributed by atoms with Crippen molar-refractivity contribution in [2.24, 2.45) is 0 Å². The fraction of sp³-hybridized carbons (Fsp3) is 0.190. The van der Waals surface area contributed by atoms with Crippen molar-refractivity contribution in [3.05, 3.63) is 76.1 Å². The van der Waals surface area contributed by atoms with Crippen molar-refractivity contribution in [1.29, 1.82) is 0 Å². The second-order valence-corrected chi connectivity index (χ2v) is 6.54. The minimum Gasteiger partial charge on any atom is -0.495 e. The Balaban J connectivity index is 1.84. The van der Waals surface area contributed by atoms with Crippen molar-refractivity contribution in [2.75, 3.05) is 12.4 Å². The van der Waals surface area contributed by atoms with E-state index >= 15 is 0 Å². The van der Waals surface area contributed by atoms with Crippen LogP contribution in [0.15, 0.2) is 59.4 Å². The second-order valence-electron chi connectivity index (χ2n) is 6.54. The summed E-state index contributed by atoms with van der Waals surface area (Å²) in [6.07, 6.45) is -4.58. The van der Waals surface area contributed by atoms with Gasteiger partial charge >= 0.3 is 6.18 Å². The molecule has 1 amide bonds. The molecule has 0 radical (unpaired) electrons. The monoisotopic (exact) mass is 417 g/mol. The molecule has 1 N–H and O–H groups in total. The van der Waals surface area contributed by atoms with Gasteiger partial charge in [-0.15, -0.1) is 0 Å². The predicted molar refractivity (Wildman–Crippen MR) is 105 cm³/mol. The summed E-state index contributed by atoms with van der Waals surface area (Å²) in [5.74, 6) is -0.659. The first-order valence-electron chi connectivity index (χ1n) is 8.87. The highest BCUT2D eigenvalue weighted by Crippen LogP contribution is 2.34. The van der Waals surface area contributed by atoms with Crippen LogP contribution in [0.1, 0.15) is 11.1 Å². The smallest absolute Gasteiger partial charge is 0.416 e. The molecule has 0 aliphatic rings. The van der Waals surface area contributed by atoms with Crippen molar-refractivity contribution in [3.8, 4) is 17.0 Å². The zero-order chi connectivity index (χ0) is 21.9. The van der Waals surface area contributed by atoms with Gasteiger partial charge in [0.05, 0.1) is 24.1 Å². The Morgan fingerprint density at radius 3 is 2.43 bits per heavy atom. The average molecular weight is 417 g/mol. The standard InChI is InChI=1S/C21H18F3N3O3/c1-13-3-5-14(6-4-13)16-8-10-20(29)27(26-16)12-19(28)25-17-11-15(21(22,23)24)7-9-18(17)30-2/h3-11H,12H2,1-2H3,(H,25,28). The number of benzene rings is 2. The second kappa shape index (κ2) is 8.40. The van der Waals surface area contributed by atoms with E-state index < -0.39 is 29.8 Å². The molecule has 156 valence electrons. The molecule has 0 unspecified atom stereocenters. The summed E-state index contributed by atoms with van der Waals surface area (Å²) < 4.78 is 44.8. The quantitative estimate of drug-likeness (QED) is 0.684. The zero-order valence-electron chi connectivity index (χ0n) is 16.2. The zero-order valence-corrected chi connectivity index (χ0v) is 16.2. The maximum Gasteiger partial charge on any atom is 0.416 e. The summed E-state index contributed by atoms with van der Waals surface area (Å²) in [4.78, 5) is 24.5. The Morgan fingerprint density at radius 1 is 1.10 bits per heavy atom. The van der Waals surface area contributed by atoms with E-state index in [1.807, 2.05) is 31.2 Å². The number of alkyl halides is 3. The number of amides is 1. The summed E-state index contributed by atoms with van der Waals surface area (Å²) in [5, 5.41) is 6.54. The van der Waals surface area contributed by atoms with E-state index in [0.29, 0.717) is 5.69 Å². The van der Waals surface area contributed by atoms with Gasteiger partial charge in [-0.3, -0.25) is 9.59 Å². The van der Waals surface area contributed by atoms with Gasteiger partial charge < -0.3 is 10.1 Å². The molecule has 2 aromatic carbocycles. The summed E-state index contributed by atoms with van der Waals surface area (Å²) in [5.41, 5.74) is 0.696. The number of rotatable bonds is 5. The number of anilines is 1. The molecule has 0 saturated heterocycles. The first-order chi connectivity index (χ1) is 14.2. The number of aryl methyl sites for hydroxylation is 1. The molecule has 1 heterocycles. The molecule has 3 aromatic rings. The number of methoxy groups -OCH3 is 1. The van der Waals surface area contributed by atoms with Gasteiger partial charge in [0.2, 0.25) is 5.91 Å². The Hall–Kier alpha value is -3.62. The van der Waals surface area contributed by atoms with Crippen LogP contribution < -0.4 is 15.6 Å². The van der Waals surface area contributed by atoms with Crippen LogP contribution in [0, 0.1) is 6.92 Å². The minimum atomic E-state index is -4.58. The van der Waals surface area contributed by atoms with Crippen molar-refractivity contribution in [3.63, 3.8) is 0 Å². The van der Waals surface area contributed by atoms with Crippen LogP contribution in [-0.4, -0.2) is 22.8 Å². The van der Waals surface area contributed by atoms with Crippen LogP contribution in [0.2, 0.25) is 0 Å². The van der Waals surface area contributed by atoms with E-state index in [4.69, 9.17) is 4.74 Å². The van der Waals surface area contributed by atoms with Gasteiger partial charge in [-0.2, -0.15) is 18.3 Å². The van der Waals surface area contributed by atoms with E-state index in [1.54, 1.807) is 0 Å². The number of nitrogens with zero attached hydrogens (tertiary/aromatic N) is 2. The molecule has 0 saturated carbocycles. The lowest BCUT2D eigenvalue weighted by atomic mass is 10.1. The van der Waals surface area contributed by atoms with Crippen molar-refractivity contribution < 1.29 is 22.7 Å². The lowest BCUT2D eigenvalue weighted by Gasteiger charge is -2.14. The first kappa shape index (κ1) is 21.1. The molecule has 0 aliphatic carbocycles. The Kier molecular flexibility index (Phi) is 5.91. The summed E-state index contributed by atoms with van der Waals surface area (Å²) in [6.45, 7) is 1.46. The molecule has 9 heteroatoms. The van der Waals surface area contributed by atoms with Crippen molar-refractivity contribution >= 4 is 11.6 Å².